The van der Waals surface area contributed by atoms with E-state index in [0.29, 0.717) is 6.54 Å². The molecule has 1 heterocycles. The highest BCUT2D eigenvalue weighted by Gasteiger charge is 2.31. The summed E-state index contributed by atoms with van der Waals surface area (Å²) in [6.07, 6.45) is 9.20. The molecule has 1 aromatic heterocycles. The van der Waals surface area contributed by atoms with Gasteiger partial charge in [-0.1, -0.05) is 19.4 Å². The van der Waals surface area contributed by atoms with E-state index in [0.717, 1.165) is 25.3 Å². The Morgan fingerprint density at radius 2 is 2.11 bits per heavy atom. The van der Waals surface area contributed by atoms with E-state index in [9.17, 15) is 5.11 Å². The van der Waals surface area contributed by atoms with Crippen molar-refractivity contribution in [3.8, 4) is 0 Å². The Morgan fingerprint density at radius 3 is 2.74 bits per heavy atom. The third kappa shape index (κ3) is 4.29. The molecular weight excluding hydrogens is 236 g/mol. The predicted octanol–water partition coefficient (Wildman–Crippen LogP) is 2.81. The SMILES string of the molecule is CCC1CCC(O)(CNCc2cncc(C)c2)CC1. The van der Waals surface area contributed by atoms with Gasteiger partial charge in [0.25, 0.3) is 0 Å². The molecule has 19 heavy (non-hydrogen) atoms. The van der Waals surface area contributed by atoms with Crippen LogP contribution in [0.25, 0.3) is 0 Å². The van der Waals surface area contributed by atoms with E-state index in [-0.39, 0.29) is 0 Å². The van der Waals surface area contributed by atoms with Gasteiger partial charge >= 0.3 is 0 Å². The Morgan fingerprint density at radius 1 is 1.37 bits per heavy atom. The molecule has 0 aromatic carbocycles. The molecule has 1 aromatic rings. The van der Waals surface area contributed by atoms with Crippen LogP contribution in [0, 0.1) is 12.8 Å². The monoisotopic (exact) mass is 262 g/mol. The lowest BCUT2D eigenvalue weighted by Crippen LogP contribution is -2.43. The van der Waals surface area contributed by atoms with Crippen molar-refractivity contribution in [1.82, 2.24) is 10.3 Å². The number of aliphatic hydroxyl groups is 1. The van der Waals surface area contributed by atoms with Crippen LogP contribution in [0.15, 0.2) is 18.5 Å². The van der Waals surface area contributed by atoms with E-state index in [2.05, 4.69) is 30.2 Å². The van der Waals surface area contributed by atoms with Gasteiger partial charge in [-0.2, -0.15) is 0 Å². The van der Waals surface area contributed by atoms with Crippen molar-refractivity contribution in [2.75, 3.05) is 6.54 Å². The molecule has 1 aliphatic rings. The maximum absolute atomic E-state index is 10.5. The van der Waals surface area contributed by atoms with Crippen LogP contribution in [0.5, 0.6) is 0 Å². The van der Waals surface area contributed by atoms with E-state index < -0.39 is 5.60 Å². The van der Waals surface area contributed by atoms with Crippen LogP contribution in [0.2, 0.25) is 0 Å². The van der Waals surface area contributed by atoms with E-state index in [4.69, 9.17) is 0 Å². The minimum atomic E-state index is -0.497. The summed E-state index contributed by atoms with van der Waals surface area (Å²) in [5.41, 5.74) is 1.87. The van der Waals surface area contributed by atoms with E-state index in [1.165, 1.54) is 30.4 Å². The van der Waals surface area contributed by atoms with Crippen LogP contribution in [0.4, 0.5) is 0 Å². The van der Waals surface area contributed by atoms with Gasteiger partial charge in [-0.3, -0.25) is 4.98 Å². The number of pyridine rings is 1. The molecule has 0 saturated heterocycles. The fraction of sp³-hybridized carbons (Fsp3) is 0.688. The minimum Gasteiger partial charge on any atom is -0.389 e. The molecule has 1 aliphatic carbocycles. The van der Waals surface area contributed by atoms with Crippen molar-refractivity contribution in [3.63, 3.8) is 0 Å². The standard InChI is InChI=1S/C16H26N2O/c1-3-14-4-6-16(19,7-5-14)12-18-11-15-8-13(2)9-17-10-15/h8-10,14,18-19H,3-7,11-12H2,1-2H3. The van der Waals surface area contributed by atoms with Gasteiger partial charge in [-0.05, 0) is 49.7 Å². The molecular formula is C16H26N2O. The zero-order chi connectivity index (χ0) is 13.7. The van der Waals surface area contributed by atoms with Crippen molar-refractivity contribution in [3.05, 3.63) is 29.6 Å². The van der Waals surface area contributed by atoms with Crippen molar-refractivity contribution in [2.45, 2.75) is 58.1 Å². The summed E-state index contributed by atoms with van der Waals surface area (Å²) < 4.78 is 0. The van der Waals surface area contributed by atoms with E-state index in [1.807, 2.05) is 12.4 Å². The number of nitrogens with one attached hydrogen (secondary N) is 1. The van der Waals surface area contributed by atoms with Crippen LogP contribution in [0.1, 0.15) is 50.2 Å². The molecule has 2 rings (SSSR count). The van der Waals surface area contributed by atoms with E-state index in [1.54, 1.807) is 0 Å². The van der Waals surface area contributed by atoms with E-state index >= 15 is 0 Å². The molecule has 0 aliphatic heterocycles. The highest BCUT2D eigenvalue weighted by Crippen LogP contribution is 2.33. The van der Waals surface area contributed by atoms with Crippen molar-refractivity contribution < 1.29 is 5.11 Å². The topological polar surface area (TPSA) is 45.1 Å². The molecule has 0 unspecified atom stereocenters. The Kier molecular flexibility index (Phi) is 4.94. The fourth-order valence-corrected chi connectivity index (χ4v) is 2.95. The second kappa shape index (κ2) is 6.49. The van der Waals surface area contributed by atoms with Gasteiger partial charge in [-0.15, -0.1) is 0 Å². The summed E-state index contributed by atoms with van der Waals surface area (Å²) in [4.78, 5) is 4.19. The third-order valence-corrected chi connectivity index (χ3v) is 4.33. The van der Waals surface area contributed by atoms with Crippen molar-refractivity contribution in [1.29, 1.82) is 0 Å². The van der Waals surface area contributed by atoms with Crippen molar-refractivity contribution in [2.24, 2.45) is 5.92 Å². The van der Waals surface area contributed by atoms with Gasteiger partial charge in [0.05, 0.1) is 5.60 Å². The number of hydrogen-bond donors (Lipinski definition) is 2. The Hall–Kier alpha value is -0.930. The summed E-state index contributed by atoms with van der Waals surface area (Å²) in [6.45, 7) is 5.78. The Labute approximate surface area is 116 Å². The summed E-state index contributed by atoms with van der Waals surface area (Å²) in [5.74, 6) is 0.821. The summed E-state index contributed by atoms with van der Waals surface area (Å²) in [5, 5.41) is 13.9. The van der Waals surface area contributed by atoms with Gasteiger partial charge in [0.1, 0.15) is 0 Å². The van der Waals surface area contributed by atoms with Gasteiger partial charge < -0.3 is 10.4 Å². The molecule has 106 valence electrons. The highest BCUT2D eigenvalue weighted by molar-refractivity contribution is 5.16. The lowest BCUT2D eigenvalue weighted by molar-refractivity contribution is -0.00881. The molecule has 0 radical (unpaired) electrons. The smallest absolute Gasteiger partial charge is 0.0771 e. The Balaban J connectivity index is 1.76. The highest BCUT2D eigenvalue weighted by atomic mass is 16.3. The van der Waals surface area contributed by atoms with Gasteiger partial charge in [-0.25, -0.2) is 0 Å². The molecule has 1 fully saturated rings. The number of hydrogen-bond acceptors (Lipinski definition) is 3. The number of aryl methyl sites for hydroxylation is 1. The second-order valence-electron chi connectivity index (χ2n) is 6.05. The first-order valence-electron chi connectivity index (χ1n) is 7.45. The summed E-state index contributed by atoms with van der Waals surface area (Å²) >= 11 is 0. The molecule has 3 heteroatoms. The molecule has 1 saturated carbocycles. The van der Waals surface area contributed by atoms with Crippen LogP contribution in [0.3, 0.4) is 0 Å². The quantitative estimate of drug-likeness (QED) is 0.857. The largest absolute Gasteiger partial charge is 0.389 e. The fourth-order valence-electron chi connectivity index (χ4n) is 2.95. The lowest BCUT2D eigenvalue weighted by Gasteiger charge is -2.36. The molecule has 0 amide bonds. The Bertz CT molecular complexity index is 397. The average Bonchev–Trinajstić information content (AvgIpc) is 2.40. The zero-order valence-corrected chi connectivity index (χ0v) is 12.2. The first kappa shape index (κ1) is 14.5. The first-order chi connectivity index (χ1) is 9.11. The number of aromatic nitrogens is 1. The average molecular weight is 262 g/mol. The minimum absolute atomic E-state index is 0.497. The lowest BCUT2D eigenvalue weighted by atomic mass is 9.78. The van der Waals surface area contributed by atoms with Crippen LogP contribution < -0.4 is 5.32 Å². The molecule has 0 atom stereocenters. The van der Waals surface area contributed by atoms with Gasteiger partial charge in [0.2, 0.25) is 0 Å². The van der Waals surface area contributed by atoms with Crippen LogP contribution in [-0.4, -0.2) is 22.2 Å². The maximum atomic E-state index is 10.5. The number of nitrogens with zero attached hydrogens (tertiary/aromatic N) is 1. The molecule has 2 N–H and O–H groups in total. The van der Waals surface area contributed by atoms with Crippen molar-refractivity contribution >= 4 is 0 Å². The molecule has 3 nitrogen and oxygen atoms in total. The number of rotatable bonds is 5. The molecule has 0 spiro atoms. The van der Waals surface area contributed by atoms with Gasteiger partial charge in [0.15, 0.2) is 0 Å². The third-order valence-electron chi connectivity index (χ3n) is 4.33. The first-order valence-corrected chi connectivity index (χ1v) is 7.45. The van der Waals surface area contributed by atoms with Crippen LogP contribution in [-0.2, 0) is 6.54 Å². The molecule has 0 bridgehead atoms. The predicted molar refractivity (Wildman–Crippen MR) is 77.9 cm³/mol. The second-order valence-corrected chi connectivity index (χ2v) is 6.05. The summed E-state index contributed by atoms with van der Waals surface area (Å²) in [7, 11) is 0. The normalized spacial score (nSPS) is 27.4. The van der Waals surface area contributed by atoms with Crippen LogP contribution >= 0.6 is 0 Å². The summed E-state index contributed by atoms with van der Waals surface area (Å²) in [6, 6.07) is 2.14. The zero-order valence-electron chi connectivity index (χ0n) is 12.2. The van der Waals surface area contributed by atoms with Gasteiger partial charge in [0, 0.05) is 25.5 Å². The maximum Gasteiger partial charge on any atom is 0.0771 e.